The molecule has 1 aliphatic rings. The monoisotopic (exact) mass is 472 g/mol. The van der Waals surface area contributed by atoms with Crippen LogP contribution in [0.15, 0.2) is 72.1 Å². The first-order valence-corrected chi connectivity index (χ1v) is 11.4. The first-order chi connectivity index (χ1) is 17.0. The number of aromatic nitrogens is 1. The summed E-state index contributed by atoms with van der Waals surface area (Å²) in [5.41, 5.74) is 3.62. The lowest BCUT2D eigenvalue weighted by Gasteiger charge is -2.30. The topological polar surface area (TPSA) is 93.1 Å². The Morgan fingerprint density at radius 2 is 1.80 bits per heavy atom. The number of nitrogens with one attached hydrogen (secondary N) is 1. The molecular formula is C27H28N4O4. The number of ether oxygens (including phenoxy) is 2. The predicted octanol–water partition coefficient (Wildman–Crippen LogP) is 4.51. The molecule has 1 unspecified atom stereocenters. The zero-order valence-electron chi connectivity index (χ0n) is 20.0. The summed E-state index contributed by atoms with van der Waals surface area (Å²) in [5, 5.41) is 9.19. The second kappa shape index (κ2) is 10.8. The number of hydrogen-bond donors (Lipinski definition) is 1. The lowest BCUT2D eigenvalue weighted by Crippen LogP contribution is -2.37. The van der Waals surface area contributed by atoms with Crippen LogP contribution in [0.25, 0.3) is 0 Å². The van der Waals surface area contributed by atoms with Crippen molar-refractivity contribution in [3.05, 3.63) is 83.7 Å². The van der Waals surface area contributed by atoms with E-state index in [0.717, 1.165) is 23.3 Å². The molecule has 1 aliphatic heterocycles. The van der Waals surface area contributed by atoms with Crippen LogP contribution in [-0.4, -0.2) is 41.7 Å². The largest absolute Gasteiger partial charge is 0.493 e. The lowest BCUT2D eigenvalue weighted by molar-refractivity contribution is -0.133. The van der Waals surface area contributed by atoms with Crippen molar-refractivity contribution in [3.8, 4) is 11.5 Å². The van der Waals surface area contributed by atoms with Crippen LogP contribution in [0.2, 0.25) is 0 Å². The maximum atomic E-state index is 13.0. The van der Waals surface area contributed by atoms with Crippen molar-refractivity contribution >= 4 is 23.2 Å². The summed E-state index contributed by atoms with van der Waals surface area (Å²) in [6.45, 7) is 2.28. The number of rotatable bonds is 8. The summed E-state index contributed by atoms with van der Waals surface area (Å²) in [7, 11) is 3.18. The predicted molar refractivity (Wildman–Crippen MR) is 134 cm³/mol. The molecule has 2 heterocycles. The average Bonchev–Trinajstić information content (AvgIpc) is 2.90. The van der Waals surface area contributed by atoms with Gasteiger partial charge in [-0.25, -0.2) is 5.01 Å². The molecule has 180 valence electrons. The van der Waals surface area contributed by atoms with Crippen molar-refractivity contribution in [3.63, 3.8) is 0 Å². The van der Waals surface area contributed by atoms with Gasteiger partial charge >= 0.3 is 0 Å². The van der Waals surface area contributed by atoms with Crippen LogP contribution >= 0.6 is 0 Å². The van der Waals surface area contributed by atoms with Gasteiger partial charge in [-0.2, -0.15) is 5.10 Å². The molecule has 0 saturated carbocycles. The van der Waals surface area contributed by atoms with E-state index in [2.05, 4.69) is 10.3 Å². The highest BCUT2D eigenvalue weighted by molar-refractivity contribution is 6.06. The van der Waals surface area contributed by atoms with E-state index in [1.54, 1.807) is 38.7 Å². The highest BCUT2D eigenvalue weighted by Gasteiger charge is 2.30. The van der Waals surface area contributed by atoms with Crippen LogP contribution in [0.1, 0.15) is 41.3 Å². The molecule has 1 aromatic heterocycles. The maximum Gasteiger partial charge on any atom is 0.255 e. The van der Waals surface area contributed by atoms with Crippen LogP contribution in [-0.2, 0) is 11.3 Å². The Morgan fingerprint density at radius 1 is 1.06 bits per heavy atom. The van der Waals surface area contributed by atoms with Gasteiger partial charge in [0.05, 0.1) is 26.5 Å². The number of methoxy groups -OCH3 is 2. The number of pyridine rings is 1. The van der Waals surface area contributed by atoms with Gasteiger partial charge in [-0.05, 0) is 48.4 Å². The molecule has 8 heteroatoms. The molecule has 0 radical (unpaired) electrons. The van der Waals surface area contributed by atoms with Gasteiger partial charge in [0.2, 0.25) is 5.91 Å². The molecular weight excluding hydrogens is 444 g/mol. The number of nitrogens with zero attached hydrogens (tertiary/aromatic N) is 3. The van der Waals surface area contributed by atoms with Gasteiger partial charge in [0, 0.05) is 41.5 Å². The molecule has 2 aromatic carbocycles. The second-order valence-electron chi connectivity index (χ2n) is 8.16. The Morgan fingerprint density at radius 3 is 2.51 bits per heavy atom. The Kier molecular flexibility index (Phi) is 7.40. The number of benzene rings is 2. The Bertz CT molecular complexity index is 1240. The molecule has 4 rings (SSSR count). The standard InChI is InChI=1S/C27H28N4O4/c1-4-18-16-25(32)31(30-26(18)20-9-10-23(34-2)24(15-20)35-3)17-21-7-5-6-8-22(21)29-27(33)19-11-13-28-14-12-19/h5-15,18H,4,16-17H2,1-3H3,(H,29,33). The van der Waals surface area contributed by atoms with E-state index in [1.807, 2.05) is 49.4 Å². The summed E-state index contributed by atoms with van der Waals surface area (Å²) in [4.78, 5) is 29.6. The normalized spacial score (nSPS) is 15.4. The SMILES string of the molecule is CCC1CC(=O)N(Cc2ccccc2NC(=O)c2ccncc2)N=C1c1ccc(OC)c(OC)c1. The fourth-order valence-corrected chi connectivity index (χ4v) is 4.07. The number of hydrazone groups is 1. The number of amides is 2. The van der Waals surface area contributed by atoms with Crippen LogP contribution in [0.5, 0.6) is 11.5 Å². The van der Waals surface area contributed by atoms with Gasteiger partial charge in [-0.1, -0.05) is 25.1 Å². The molecule has 1 atom stereocenters. The summed E-state index contributed by atoms with van der Waals surface area (Å²) < 4.78 is 10.8. The fourth-order valence-electron chi connectivity index (χ4n) is 4.07. The molecule has 2 amide bonds. The molecule has 0 spiro atoms. The third-order valence-corrected chi connectivity index (χ3v) is 6.02. The minimum Gasteiger partial charge on any atom is -0.493 e. The van der Waals surface area contributed by atoms with E-state index in [-0.39, 0.29) is 24.3 Å². The summed E-state index contributed by atoms with van der Waals surface area (Å²) in [6.07, 6.45) is 4.28. The third kappa shape index (κ3) is 5.32. The maximum absolute atomic E-state index is 13.0. The Labute approximate surface area is 204 Å². The first-order valence-electron chi connectivity index (χ1n) is 11.4. The first kappa shape index (κ1) is 23.9. The van der Waals surface area contributed by atoms with Crippen molar-refractivity contribution < 1.29 is 19.1 Å². The summed E-state index contributed by atoms with van der Waals surface area (Å²) in [5.74, 6) is 0.933. The number of para-hydroxylation sites is 1. The second-order valence-corrected chi connectivity index (χ2v) is 8.16. The van der Waals surface area contributed by atoms with E-state index < -0.39 is 0 Å². The van der Waals surface area contributed by atoms with Crippen LogP contribution in [0.3, 0.4) is 0 Å². The number of hydrogen-bond acceptors (Lipinski definition) is 6. The van der Waals surface area contributed by atoms with E-state index in [1.165, 1.54) is 5.01 Å². The highest BCUT2D eigenvalue weighted by Crippen LogP contribution is 2.32. The van der Waals surface area contributed by atoms with E-state index in [0.29, 0.717) is 29.2 Å². The van der Waals surface area contributed by atoms with Gasteiger partial charge in [0.25, 0.3) is 5.91 Å². The third-order valence-electron chi connectivity index (χ3n) is 6.02. The van der Waals surface area contributed by atoms with Crippen molar-refractivity contribution in [2.45, 2.75) is 26.3 Å². The zero-order chi connectivity index (χ0) is 24.8. The molecule has 0 aliphatic carbocycles. The Hall–Kier alpha value is -4.20. The fraction of sp³-hybridized carbons (Fsp3) is 0.259. The summed E-state index contributed by atoms with van der Waals surface area (Å²) >= 11 is 0. The highest BCUT2D eigenvalue weighted by atomic mass is 16.5. The molecule has 35 heavy (non-hydrogen) atoms. The molecule has 0 bridgehead atoms. The van der Waals surface area contributed by atoms with Gasteiger partial charge in [-0.15, -0.1) is 0 Å². The minimum atomic E-state index is -0.245. The van der Waals surface area contributed by atoms with E-state index in [9.17, 15) is 9.59 Å². The molecule has 1 N–H and O–H groups in total. The van der Waals surface area contributed by atoms with Crippen molar-refractivity contribution in [1.29, 1.82) is 0 Å². The Balaban J connectivity index is 1.63. The number of carbonyl (C=O) groups is 2. The zero-order valence-corrected chi connectivity index (χ0v) is 20.0. The molecule has 0 saturated heterocycles. The van der Waals surface area contributed by atoms with Gasteiger partial charge in [-0.3, -0.25) is 14.6 Å². The smallest absolute Gasteiger partial charge is 0.255 e. The van der Waals surface area contributed by atoms with Crippen LogP contribution in [0, 0.1) is 5.92 Å². The average molecular weight is 473 g/mol. The molecule has 0 fully saturated rings. The van der Waals surface area contributed by atoms with Gasteiger partial charge < -0.3 is 14.8 Å². The lowest BCUT2D eigenvalue weighted by atomic mass is 9.89. The number of anilines is 1. The van der Waals surface area contributed by atoms with Crippen molar-refractivity contribution in [1.82, 2.24) is 9.99 Å². The molecule has 3 aromatic rings. The molecule has 8 nitrogen and oxygen atoms in total. The van der Waals surface area contributed by atoms with Gasteiger partial charge in [0.1, 0.15) is 0 Å². The van der Waals surface area contributed by atoms with E-state index >= 15 is 0 Å². The van der Waals surface area contributed by atoms with Crippen molar-refractivity contribution in [2.24, 2.45) is 11.0 Å². The van der Waals surface area contributed by atoms with E-state index in [4.69, 9.17) is 14.6 Å². The van der Waals surface area contributed by atoms with Crippen LogP contribution in [0.4, 0.5) is 5.69 Å². The van der Waals surface area contributed by atoms with Crippen LogP contribution < -0.4 is 14.8 Å². The minimum absolute atomic E-state index is 0.00140. The van der Waals surface area contributed by atoms with Gasteiger partial charge in [0.15, 0.2) is 11.5 Å². The summed E-state index contributed by atoms with van der Waals surface area (Å²) in [6, 6.07) is 16.4. The quantitative estimate of drug-likeness (QED) is 0.521. The van der Waals surface area contributed by atoms with Crippen molar-refractivity contribution in [2.75, 3.05) is 19.5 Å². The number of carbonyl (C=O) groups excluding carboxylic acids is 2.